The van der Waals surface area contributed by atoms with Crippen LogP contribution < -0.4 is 10.5 Å². The summed E-state index contributed by atoms with van der Waals surface area (Å²) in [6, 6.07) is 9.33. The fourth-order valence-corrected chi connectivity index (χ4v) is 2.01. The Morgan fingerprint density at radius 2 is 2.21 bits per heavy atom. The maximum Gasteiger partial charge on any atom is 0.138 e. The SMILES string of the molecule is Cc1ccc(Cl)c(OCc2cccnc2C(N)=S)c1. The highest BCUT2D eigenvalue weighted by atomic mass is 35.5. The zero-order valence-corrected chi connectivity index (χ0v) is 12.0. The number of thiocarbonyl (C=S) groups is 1. The molecule has 2 N–H and O–H groups in total. The summed E-state index contributed by atoms with van der Waals surface area (Å²) in [6.45, 7) is 2.30. The molecule has 3 nitrogen and oxygen atoms in total. The molecule has 0 aliphatic carbocycles. The molecule has 0 radical (unpaired) electrons. The number of nitrogens with two attached hydrogens (primary N) is 1. The number of nitrogens with zero attached hydrogens (tertiary/aromatic N) is 1. The Bertz CT molecular complexity index is 616. The number of rotatable bonds is 4. The number of aryl methyl sites for hydroxylation is 1. The van der Waals surface area contributed by atoms with E-state index in [0.29, 0.717) is 23.1 Å². The fraction of sp³-hybridized carbons (Fsp3) is 0.143. The van der Waals surface area contributed by atoms with Crippen LogP contribution in [-0.2, 0) is 6.61 Å². The molecule has 0 saturated heterocycles. The first-order valence-electron chi connectivity index (χ1n) is 5.70. The molecule has 1 heterocycles. The van der Waals surface area contributed by atoms with E-state index in [0.717, 1.165) is 11.1 Å². The first-order valence-corrected chi connectivity index (χ1v) is 6.49. The van der Waals surface area contributed by atoms with Crippen LogP contribution in [0.4, 0.5) is 0 Å². The van der Waals surface area contributed by atoms with Gasteiger partial charge in [0.25, 0.3) is 0 Å². The number of benzene rings is 1. The van der Waals surface area contributed by atoms with E-state index in [4.69, 9.17) is 34.3 Å². The van der Waals surface area contributed by atoms with Gasteiger partial charge in [0.2, 0.25) is 0 Å². The van der Waals surface area contributed by atoms with Crippen LogP contribution in [0.3, 0.4) is 0 Å². The molecule has 1 aromatic heterocycles. The van der Waals surface area contributed by atoms with Crippen LogP contribution in [0.1, 0.15) is 16.8 Å². The maximum atomic E-state index is 6.07. The summed E-state index contributed by atoms with van der Waals surface area (Å²) < 4.78 is 5.71. The highest BCUT2D eigenvalue weighted by Gasteiger charge is 2.08. The van der Waals surface area contributed by atoms with E-state index >= 15 is 0 Å². The smallest absolute Gasteiger partial charge is 0.138 e. The van der Waals surface area contributed by atoms with Gasteiger partial charge in [-0.25, -0.2) is 0 Å². The molecule has 0 aliphatic rings. The van der Waals surface area contributed by atoms with Crippen molar-refractivity contribution < 1.29 is 4.74 Å². The third kappa shape index (κ3) is 3.43. The lowest BCUT2D eigenvalue weighted by molar-refractivity contribution is 0.305. The summed E-state index contributed by atoms with van der Waals surface area (Å²) in [5, 5.41) is 0.575. The van der Waals surface area contributed by atoms with Crippen molar-refractivity contribution in [3.05, 3.63) is 58.4 Å². The van der Waals surface area contributed by atoms with Gasteiger partial charge in [-0.1, -0.05) is 36.0 Å². The second kappa shape index (κ2) is 5.99. The highest BCUT2D eigenvalue weighted by molar-refractivity contribution is 7.80. The van der Waals surface area contributed by atoms with Gasteiger partial charge in [0.15, 0.2) is 0 Å². The summed E-state index contributed by atoms with van der Waals surface area (Å²) >= 11 is 11.0. The lowest BCUT2D eigenvalue weighted by Crippen LogP contribution is -2.15. The molecule has 0 atom stereocenters. The number of hydrogen-bond acceptors (Lipinski definition) is 3. The molecule has 0 unspecified atom stereocenters. The average Bonchev–Trinajstić information content (AvgIpc) is 2.40. The summed E-state index contributed by atoms with van der Waals surface area (Å²) in [5.74, 6) is 0.638. The number of ether oxygens (including phenoxy) is 1. The molecule has 0 amide bonds. The molecule has 2 aromatic rings. The first kappa shape index (κ1) is 13.8. The largest absolute Gasteiger partial charge is 0.487 e. The van der Waals surface area contributed by atoms with Gasteiger partial charge >= 0.3 is 0 Å². The molecule has 5 heteroatoms. The van der Waals surface area contributed by atoms with Gasteiger partial charge in [-0.3, -0.25) is 4.98 Å². The topological polar surface area (TPSA) is 48.1 Å². The lowest BCUT2D eigenvalue weighted by Gasteiger charge is -2.11. The second-order valence-electron chi connectivity index (χ2n) is 4.10. The Labute approximate surface area is 122 Å². The highest BCUT2D eigenvalue weighted by Crippen LogP contribution is 2.26. The minimum absolute atomic E-state index is 0.259. The van der Waals surface area contributed by atoms with Gasteiger partial charge in [-0.05, 0) is 30.7 Å². The summed E-state index contributed by atoms with van der Waals surface area (Å²) in [4.78, 5) is 4.41. The van der Waals surface area contributed by atoms with E-state index in [1.54, 1.807) is 6.20 Å². The molecule has 19 heavy (non-hydrogen) atoms. The zero-order valence-electron chi connectivity index (χ0n) is 10.4. The van der Waals surface area contributed by atoms with E-state index in [1.165, 1.54) is 0 Å². The van der Waals surface area contributed by atoms with Crippen LogP contribution in [0.15, 0.2) is 36.5 Å². The van der Waals surface area contributed by atoms with Crippen LogP contribution in [0.25, 0.3) is 0 Å². The van der Waals surface area contributed by atoms with E-state index in [9.17, 15) is 0 Å². The Morgan fingerprint density at radius 1 is 1.42 bits per heavy atom. The van der Waals surface area contributed by atoms with Crippen molar-refractivity contribution in [3.63, 3.8) is 0 Å². The predicted octanol–water partition coefficient (Wildman–Crippen LogP) is 3.26. The monoisotopic (exact) mass is 292 g/mol. The van der Waals surface area contributed by atoms with Crippen molar-refractivity contribution in [2.75, 3.05) is 0 Å². The van der Waals surface area contributed by atoms with Crippen LogP contribution >= 0.6 is 23.8 Å². The Balaban J connectivity index is 2.19. The van der Waals surface area contributed by atoms with Crippen molar-refractivity contribution in [1.29, 1.82) is 0 Å². The van der Waals surface area contributed by atoms with Crippen molar-refractivity contribution in [2.45, 2.75) is 13.5 Å². The van der Waals surface area contributed by atoms with Crippen LogP contribution in [0, 0.1) is 6.92 Å². The van der Waals surface area contributed by atoms with E-state index in [-0.39, 0.29) is 4.99 Å². The Morgan fingerprint density at radius 3 is 2.95 bits per heavy atom. The number of halogens is 1. The van der Waals surface area contributed by atoms with E-state index in [1.807, 2.05) is 37.3 Å². The molecule has 0 bridgehead atoms. The van der Waals surface area contributed by atoms with Crippen molar-refractivity contribution in [1.82, 2.24) is 4.98 Å². The van der Waals surface area contributed by atoms with E-state index in [2.05, 4.69) is 4.98 Å². The molecule has 0 fully saturated rings. The van der Waals surface area contributed by atoms with Gasteiger partial charge in [0.05, 0.1) is 5.02 Å². The minimum Gasteiger partial charge on any atom is -0.487 e. The second-order valence-corrected chi connectivity index (χ2v) is 4.94. The fourth-order valence-electron chi connectivity index (χ4n) is 1.65. The third-order valence-electron chi connectivity index (χ3n) is 2.59. The summed E-state index contributed by atoms with van der Waals surface area (Å²) in [6.07, 6.45) is 1.65. The molecule has 2 rings (SSSR count). The molecule has 0 spiro atoms. The normalized spacial score (nSPS) is 10.2. The number of pyridine rings is 1. The van der Waals surface area contributed by atoms with Crippen molar-refractivity contribution in [2.24, 2.45) is 5.73 Å². The van der Waals surface area contributed by atoms with Crippen molar-refractivity contribution >= 4 is 28.8 Å². The standard InChI is InChI=1S/C14H13ClN2OS/c1-9-4-5-11(15)12(7-9)18-8-10-3-2-6-17-13(10)14(16)19/h2-7H,8H2,1H3,(H2,16,19). The van der Waals surface area contributed by atoms with Crippen LogP contribution in [0.5, 0.6) is 5.75 Å². The van der Waals surface area contributed by atoms with Gasteiger partial charge < -0.3 is 10.5 Å². The van der Waals surface area contributed by atoms with Gasteiger partial charge in [-0.2, -0.15) is 0 Å². The molecule has 0 aliphatic heterocycles. The lowest BCUT2D eigenvalue weighted by atomic mass is 10.2. The molecule has 1 aromatic carbocycles. The Hall–Kier alpha value is -1.65. The first-order chi connectivity index (χ1) is 9.08. The number of aromatic nitrogens is 1. The van der Waals surface area contributed by atoms with E-state index < -0.39 is 0 Å². The molecule has 0 saturated carbocycles. The predicted molar refractivity (Wildman–Crippen MR) is 80.6 cm³/mol. The minimum atomic E-state index is 0.259. The van der Waals surface area contributed by atoms with Crippen LogP contribution in [-0.4, -0.2) is 9.97 Å². The average molecular weight is 293 g/mol. The summed E-state index contributed by atoms with van der Waals surface area (Å²) in [5.41, 5.74) is 8.13. The molecular weight excluding hydrogens is 280 g/mol. The third-order valence-corrected chi connectivity index (χ3v) is 3.10. The maximum absolute atomic E-state index is 6.07. The quantitative estimate of drug-likeness (QED) is 0.879. The molecule has 98 valence electrons. The van der Waals surface area contributed by atoms with Crippen molar-refractivity contribution in [3.8, 4) is 5.75 Å². The Kier molecular flexibility index (Phi) is 4.35. The zero-order chi connectivity index (χ0) is 13.8. The van der Waals surface area contributed by atoms with Gasteiger partial charge in [-0.15, -0.1) is 0 Å². The molecular formula is C14H13ClN2OS. The van der Waals surface area contributed by atoms with Crippen LogP contribution in [0.2, 0.25) is 5.02 Å². The summed E-state index contributed by atoms with van der Waals surface area (Å²) in [7, 11) is 0. The number of hydrogen-bond donors (Lipinski definition) is 1. The van der Waals surface area contributed by atoms with Gasteiger partial charge in [0.1, 0.15) is 23.0 Å². The van der Waals surface area contributed by atoms with Gasteiger partial charge in [0, 0.05) is 11.8 Å².